The summed E-state index contributed by atoms with van der Waals surface area (Å²) in [5.74, 6) is 0.406. The van der Waals surface area contributed by atoms with Crippen molar-refractivity contribution in [1.29, 1.82) is 0 Å². The Kier molecular flexibility index (Phi) is 2.53. The molecule has 0 spiro atoms. The highest BCUT2D eigenvalue weighted by Crippen LogP contribution is 2.40. The third-order valence-corrected chi connectivity index (χ3v) is 5.79. The van der Waals surface area contributed by atoms with Gasteiger partial charge in [0, 0.05) is 35.7 Å². The van der Waals surface area contributed by atoms with Crippen LogP contribution in [0.1, 0.15) is 0 Å². The van der Waals surface area contributed by atoms with Crippen molar-refractivity contribution in [2.24, 2.45) is 7.05 Å². The Morgan fingerprint density at radius 3 is 3.10 bits per heavy atom. The zero-order chi connectivity index (χ0) is 14.0. The molecule has 0 bridgehead atoms. The van der Waals surface area contributed by atoms with Crippen LogP contribution in [0.3, 0.4) is 0 Å². The second-order valence-electron chi connectivity index (χ2n) is 4.73. The van der Waals surface area contributed by atoms with Gasteiger partial charge in [-0.3, -0.25) is 14.1 Å². The third kappa shape index (κ3) is 1.42. The predicted molar refractivity (Wildman–Crippen MR) is 80.9 cm³/mol. The average molecular weight is 354 g/mol. The SMILES string of the molecule is Cn1c(=O)n2c3c4c(c(Br)c(F)cc4ncc31)SCC2. The van der Waals surface area contributed by atoms with E-state index in [9.17, 15) is 9.18 Å². The minimum atomic E-state index is -0.321. The number of imidazole rings is 1. The van der Waals surface area contributed by atoms with E-state index in [1.807, 2.05) is 0 Å². The van der Waals surface area contributed by atoms with Crippen LogP contribution in [0.15, 0.2) is 26.4 Å². The molecule has 2 aromatic heterocycles. The van der Waals surface area contributed by atoms with Crippen LogP contribution >= 0.6 is 27.7 Å². The molecule has 1 aliphatic heterocycles. The Morgan fingerprint density at radius 2 is 2.30 bits per heavy atom. The molecule has 0 amide bonds. The van der Waals surface area contributed by atoms with E-state index in [-0.39, 0.29) is 11.5 Å². The zero-order valence-corrected chi connectivity index (χ0v) is 12.9. The number of rotatable bonds is 0. The Morgan fingerprint density at radius 1 is 1.50 bits per heavy atom. The summed E-state index contributed by atoms with van der Waals surface area (Å²) in [7, 11) is 1.74. The largest absolute Gasteiger partial charge is 0.328 e. The number of hydrogen-bond acceptors (Lipinski definition) is 3. The van der Waals surface area contributed by atoms with Crippen LogP contribution in [-0.4, -0.2) is 19.9 Å². The van der Waals surface area contributed by atoms with Crippen LogP contribution in [0.5, 0.6) is 0 Å². The van der Waals surface area contributed by atoms with Crippen LogP contribution < -0.4 is 5.69 Å². The van der Waals surface area contributed by atoms with E-state index >= 15 is 0 Å². The van der Waals surface area contributed by atoms with Crippen molar-refractivity contribution in [3.8, 4) is 0 Å². The molecule has 7 heteroatoms. The number of halogens is 2. The molecular weight excluding hydrogens is 345 g/mol. The Labute approximate surface area is 125 Å². The molecule has 20 heavy (non-hydrogen) atoms. The summed E-state index contributed by atoms with van der Waals surface area (Å²) in [6.45, 7) is 0.614. The van der Waals surface area contributed by atoms with Gasteiger partial charge in [0.1, 0.15) is 5.82 Å². The number of thioether (sulfide) groups is 1. The molecule has 3 heterocycles. The molecule has 0 saturated heterocycles. The molecule has 1 aromatic carbocycles. The van der Waals surface area contributed by atoms with E-state index in [0.29, 0.717) is 16.5 Å². The molecule has 3 aromatic rings. The van der Waals surface area contributed by atoms with Crippen molar-refractivity contribution in [1.82, 2.24) is 14.1 Å². The van der Waals surface area contributed by atoms with Gasteiger partial charge in [-0.2, -0.15) is 0 Å². The summed E-state index contributed by atoms with van der Waals surface area (Å²) in [6.07, 6.45) is 1.64. The van der Waals surface area contributed by atoms with Crippen molar-refractivity contribution in [3.05, 3.63) is 33.0 Å². The van der Waals surface area contributed by atoms with Crippen molar-refractivity contribution >= 4 is 49.6 Å². The summed E-state index contributed by atoms with van der Waals surface area (Å²) in [6, 6.07) is 1.41. The van der Waals surface area contributed by atoms with E-state index in [0.717, 1.165) is 27.1 Å². The molecule has 0 atom stereocenters. The summed E-state index contributed by atoms with van der Waals surface area (Å²) in [5, 5.41) is 0.857. The van der Waals surface area contributed by atoms with Gasteiger partial charge in [-0.15, -0.1) is 11.8 Å². The second kappa shape index (κ2) is 4.08. The Balaban J connectivity index is 2.38. The van der Waals surface area contributed by atoms with Gasteiger partial charge < -0.3 is 0 Å². The van der Waals surface area contributed by atoms with Crippen molar-refractivity contribution in [2.75, 3.05) is 5.75 Å². The first-order valence-corrected chi connectivity index (χ1v) is 7.86. The molecule has 0 radical (unpaired) electrons. The Bertz CT molecular complexity index is 947. The number of benzene rings is 1. The number of nitrogens with zero attached hydrogens (tertiary/aromatic N) is 3. The van der Waals surface area contributed by atoms with Gasteiger partial charge in [-0.1, -0.05) is 0 Å². The quantitative estimate of drug-likeness (QED) is 0.623. The van der Waals surface area contributed by atoms with E-state index in [4.69, 9.17) is 0 Å². The number of hydrogen-bond donors (Lipinski definition) is 0. The highest BCUT2D eigenvalue weighted by Gasteiger charge is 2.23. The number of aromatic nitrogens is 3. The van der Waals surface area contributed by atoms with Gasteiger partial charge in [0.15, 0.2) is 0 Å². The molecule has 4 nitrogen and oxygen atoms in total. The van der Waals surface area contributed by atoms with Crippen LogP contribution in [0.2, 0.25) is 0 Å². The maximum atomic E-state index is 14.0. The molecule has 0 saturated carbocycles. The van der Waals surface area contributed by atoms with Gasteiger partial charge in [0.2, 0.25) is 0 Å². The molecule has 0 fully saturated rings. The van der Waals surface area contributed by atoms with Gasteiger partial charge in [0.05, 0.1) is 27.2 Å². The topological polar surface area (TPSA) is 39.8 Å². The van der Waals surface area contributed by atoms with E-state index < -0.39 is 0 Å². The van der Waals surface area contributed by atoms with Crippen molar-refractivity contribution < 1.29 is 4.39 Å². The highest BCUT2D eigenvalue weighted by molar-refractivity contribution is 9.10. The lowest BCUT2D eigenvalue weighted by molar-refractivity contribution is 0.619. The monoisotopic (exact) mass is 353 g/mol. The third-order valence-electron chi connectivity index (χ3n) is 3.67. The first-order chi connectivity index (χ1) is 9.59. The minimum Gasteiger partial charge on any atom is -0.293 e. The molecule has 0 unspecified atom stereocenters. The van der Waals surface area contributed by atoms with E-state index in [1.54, 1.807) is 34.1 Å². The minimum absolute atomic E-state index is 0.0526. The van der Waals surface area contributed by atoms with Crippen LogP contribution in [-0.2, 0) is 13.6 Å². The molecule has 102 valence electrons. The molecule has 4 rings (SSSR count). The fraction of sp³-hybridized carbons (Fsp3) is 0.231. The summed E-state index contributed by atoms with van der Waals surface area (Å²) in [4.78, 5) is 17.4. The van der Waals surface area contributed by atoms with E-state index in [2.05, 4.69) is 20.9 Å². The lowest BCUT2D eigenvalue weighted by Crippen LogP contribution is -2.22. The first kappa shape index (κ1) is 12.4. The molecule has 0 N–H and O–H groups in total. The number of aryl methyl sites for hydroxylation is 2. The summed E-state index contributed by atoms with van der Waals surface area (Å²) < 4.78 is 17.8. The summed E-state index contributed by atoms with van der Waals surface area (Å²) >= 11 is 4.87. The van der Waals surface area contributed by atoms with Crippen LogP contribution in [0.4, 0.5) is 4.39 Å². The van der Waals surface area contributed by atoms with Crippen LogP contribution in [0, 0.1) is 5.82 Å². The fourth-order valence-corrected chi connectivity index (χ4v) is 4.42. The lowest BCUT2D eigenvalue weighted by atomic mass is 10.2. The number of pyridine rings is 1. The lowest BCUT2D eigenvalue weighted by Gasteiger charge is -2.08. The van der Waals surface area contributed by atoms with Crippen molar-refractivity contribution in [3.63, 3.8) is 0 Å². The maximum absolute atomic E-state index is 14.0. The molecular formula is C13H9BrFN3OS. The van der Waals surface area contributed by atoms with Gasteiger partial charge in [-0.05, 0) is 15.9 Å². The molecule has 1 aliphatic rings. The maximum Gasteiger partial charge on any atom is 0.328 e. The van der Waals surface area contributed by atoms with Gasteiger partial charge >= 0.3 is 5.69 Å². The van der Waals surface area contributed by atoms with Gasteiger partial charge in [0.25, 0.3) is 0 Å². The summed E-state index contributed by atoms with van der Waals surface area (Å²) in [5.41, 5.74) is 2.16. The van der Waals surface area contributed by atoms with Crippen molar-refractivity contribution in [2.45, 2.75) is 11.4 Å². The smallest absolute Gasteiger partial charge is 0.293 e. The van der Waals surface area contributed by atoms with E-state index in [1.165, 1.54) is 6.07 Å². The second-order valence-corrected chi connectivity index (χ2v) is 6.63. The predicted octanol–water partition coefficient (Wildman–Crippen LogP) is 2.90. The van der Waals surface area contributed by atoms with Crippen LogP contribution in [0.25, 0.3) is 21.9 Å². The first-order valence-electron chi connectivity index (χ1n) is 6.08. The average Bonchev–Trinajstić information content (AvgIpc) is 2.61. The molecule has 0 aliphatic carbocycles. The highest BCUT2D eigenvalue weighted by atomic mass is 79.9. The normalized spacial score (nSPS) is 14.3. The standard InChI is InChI=1S/C13H9BrFN3OS/c1-17-8-5-16-7-4-6(15)10(14)12-9(7)11(8)18(13(17)19)2-3-20-12/h4-5H,2-3H2,1H3. The van der Waals surface area contributed by atoms with Gasteiger partial charge in [-0.25, -0.2) is 9.18 Å². The zero-order valence-electron chi connectivity index (χ0n) is 10.5. The fourth-order valence-electron chi connectivity index (χ4n) is 2.72. The Hall–Kier alpha value is -1.34.